The summed E-state index contributed by atoms with van der Waals surface area (Å²) in [5, 5.41) is 0. The number of ether oxygens (including phenoxy) is 1. The number of amides is 1. The normalized spacial score (nSPS) is 24.0. The van der Waals surface area contributed by atoms with Crippen molar-refractivity contribution in [1.29, 1.82) is 0 Å². The summed E-state index contributed by atoms with van der Waals surface area (Å²) in [5.74, 6) is 1.05. The standard InChI is InChI=1S/C19H24N4O2/c1-21-14-19(25-18(21)24)8-5-10-22(15-19)13-17-20-9-11-23(17)12-16-6-3-2-4-7-16/h2-4,6-7,9,11H,5,8,10,12-15H2,1H3. The first-order chi connectivity index (χ1) is 12.1. The highest BCUT2D eigenvalue weighted by molar-refractivity contribution is 5.70. The summed E-state index contributed by atoms with van der Waals surface area (Å²) < 4.78 is 7.89. The van der Waals surface area contributed by atoms with Crippen molar-refractivity contribution >= 4 is 6.09 Å². The number of carbonyl (C=O) groups excluding carboxylic acids is 1. The van der Waals surface area contributed by atoms with Crippen LogP contribution in [0, 0.1) is 0 Å². The lowest BCUT2D eigenvalue weighted by Gasteiger charge is -2.38. The molecule has 6 nitrogen and oxygen atoms in total. The van der Waals surface area contributed by atoms with Crippen LogP contribution in [0.1, 0.15) is 24.2 Å². The van der Waals surface area contributed by atoms with Crippen LogP contribution in [0.15, 0.2) is 42.7 Å². The number of nitrogens with zero attached hydrogens (tertiary/aromatic N) is 4. The monoisotopic (exact) mass is 340 g/mol. The minimum Gasteiger partial charge on any atom is -0.440 e. The number of hydrogen-bond donors (Lipinski definition) is 0. The molecule has 132 valence electrons. The predicted octanol–water partition coefficient (Wildman–Crippen LogP) is 2.35. The number of piperidine rings is 1. The van der Waals surface area contributed by atoms with Gasteiger partial charge in [0.2, 0.25) is 0 Å². The van der Waals surface area contributed by atoms with E-state index in [1.165, 1.54) is 5.56 Å². The minimum absolute atomic E-state index is 0.201. The molecule has 0 radical (unpaired) electrons. The van der Waals surface area contributed by atoms with Crippen LogP contribution in [0.5, 0.6) is 0 Å². The van der Waals surface area contributed by atoms with E-state index in [1.807, 2.05) is 25.5 Å². The summed E-state index contributed by atoms with van der Waals surface area (Å²) in [6.45, 7) is 4.08. The van der Waals surface area contributed by atoms with E-state index in [1.54, 1.807) is 4.90 Å². The highest BCUT2D eigenvalue weighted by Crippen LogP contribution is 2.31. The average Bonchev–Trinajstić information content (AvgIpc) is 3.13. The quantitative estimate of drug-likeness (QED) is 0.857. The zero-order valence-corrected chi connectivity index (χ0v) is 14.6. The van der Waals surface area contributed by atoms with E-state index >= 15 is 0 Å². The molecule has 0 N–H and O–H groups in total. The molecule has 4 rings (SSSR count). The fraction of sp³-hybridized carbons (Fsp3) is 0.474. The van der Waals surface area contributed by atoms with E-state index in [0.29, 0.717) is 6.54 Å². The number of imidazole rings is 1. The molecule has 2 aliphatic rings. The Hall–Kier alpha value is -2.34. The van der Waals surface area contributed by atoms with Crippen LogP contribution in [0.25, 0.3) is 0 Å². The highest BCUT2D eigenvalue weighted by Gasteiger charge is 2.46. The van der Waals surface area contributed by atoms with Crippen molar-refractivity contribution in [1.82, 2.24) is 19.4 Å². The van der Waals surface area contributed by atoms with Crippen molar-refractivity contribution in [3.8, 4) is 0 Å². The van der Waals surface area contributed by atoms with Gasteiger partial charge in [-0.3, -0.25) is 4.90 Å². The Labute approximate surface area is 148 Å². The number of likely N-dealkylation sites (tertiary alicyclic amines) is 1. The van der Waals surface area contributed by atoms with E-state index < -0.39 is 0 Å². The zero-order valence-electron chi connectivity index (χ0n) is 14.6. The number of hydrogen-bond acceptors (Lipinski definition) is 4. The Bertz CT molecular complexity index is 745. The van der Waals surface area contributed by atoms with Gasteiger partial charge in [-0.25, -0.2) is 9.78 Å². The van der Waals surface area contributed by atoms with Crippen molar-refractivity contribution in [2.24, 2.45) is 0 Å². The third-order valence-electron chi connectivity index (χ3n) is 5.12. The van der Waals surface area contributed by atoms with Crippen LogP contribution in [0.4, 0.5) is 4.79 Å². The summed E-state index contributed by atoms with van der Waals surface area (Å²) in [6.07, 6.45) is 5.68. The van der Waals surface area contributed by atoms with Crippen molar-refractivity contribution in [3.63, 3.8) is 0 Å². The fourth-order valence-electron chi connectivity index (χ4n) is 3.95. The van der Waals surface area contributed by atoms with Gasteiger partial charge in [-0.2, -0.15) is 0 Å². The second-order valence-corrected chi connectivity index (χ2v) is 7.18. The maximum absolute atomic E-state index is 11.8. The average molecular weight is 340 g/mol. The van der Waals surface area contributed by atoms with Gasteiger partial charge in [0, 0.05) is 32.5 Å². The van der Waals surface area contributed by atoms with Gasteiger partial charge in [0.15, 0.2) is 0 Å². The first kappa shape index (κ1) is 16.1. The summed E-state index contributed by atoms with van der Waals surface area (Å²) >= 11 is 0. The molecule has 1 aromatic carbocycles. The highest BCUT2D eigenvalue weighted by atomic mass is 16.6. The van der Waals surface area contributed by atoms with Crippen LogP contribution in [-0.2, 0) is 17.8 Å². The van der Waals surface area contributed by atoms with Crippen LogP contribution in [-0.4, -0.2) is 57.7 Å². The van der Waals surface area contributed by atoms with Gasteiger partial charge in [0.05, 0.1) is 13.1 Å². The molecule has 2 fully saturated rings. The van der Waals surface area contributed by atoms with Gasteiger partial charge in [0.1, 0.15) is 11.4 Å². The molecule has 1 aromatic heterocycles. The van der Waals surface area contributed by atoms with Crippen LogP contribution in [0.3, 0.4) is 0 Å². The smallest absolute Gasteiger partial charge is 0.410 e. The number of likely N-dealkylation sites (N-methyl/N-ethyl adjacent to an activating group) is 1. The maximum atomic E-state index is 11.8. The fourth-order valence-corrected chi connectivity index (χ4v) is 3.95. The molecule has 0 aliphatic carbocycles. The van der Waals surface area contributed by atoms with Crippen molar-refractivity contribution in [3.05, 3.63) is 54.1 Å². The second-order valence-electron chi connectivity index (χ2n) is 7.18. The van der Waals surface area contributed by atoms with Crippen molar-refractivity contribution < 1.29 is 9.53 Å². The molecule has 1 atom stereocenters. The van der Waals surface area contributed by atoms with Crippen LogP contribution >= 0.6 is 0 Å². The topological polar surface area (TPSA) is 50.6 Å². The Kier molecular flexibility index (Phi) is 4.21. The van der Waals surface area contributed by atoms with Gasteiger partial charge < -0.3 is 14.2 Å². The number of rotatable bonds is 4. The lowest BCUT2D eigenvalue weighted by atomic mass is 9.93. The molecule has 1 unspecified atom stereocenters. The van der Waals surface area contributed by atoms with Crippen LogP contribution in [0.2, 0.25) is 0 Å². The SMILES string of the molecule is CN1CC2(CCCN(Cc3nccn3Cc3ccccc3)C2)OC1=O. The van der Waals surface area contributed by atoms with Gasteiger partial charge in [-0.1, -0.05) is 30.3 Å². The van der Waals surface area contributed by atoms with Gasteiger partial charge in [-0.05, 0) is 24.9 Å². The second kappa shape index (κ2) is 6.52. The lowest BCUT2D eigenvalue weighted by Crippen LogP contribution is -2.50. The molecule has 1 amide bonds. The molecule has 25 heavy (non-hydrogen) atoms. The van der Waals surface area contributed by atoms with Gasteiger partial charge in [0.25, 0.3) is 0 Å². The molecule has 2 aromatic rings. The van der Waals surface area contributed by atoms with Gasteiger partial charge in [-0.15, -0.1) is 0 Å². The van der Waals surface area contributed by atoms with E-state index in [0.717, 1.165) is 44.8 Å². The maximum Gasteiger partial charge on any atom is 0.410 e. The summed E-state index contributed by atoms with van der Waals surface area (Å²) in [5.41, 5.74) is 0.921. The Morgan fingerprint density at radius 1 is 1.20 bits per heavy atom. The number of aromatic nitrogens is 2. The lowest BCUT2D eigenvalue weighted by molar-refractivity contribution is -0.0122. The first-order valence-corrected chi connectivity index (χ1v) is 8.84. The molecular weight excluding hydrogens is 316 g/mol. The molecule has 6 heteroatoms. The van der Waals surface area contributed by atoms with Gasteiger partial charge >= 0.3 is 6.09 Å². The molecule has 2 aliphatic heterocycles. The van der Waals surface area contributed by atoms with Crippen molar-refractivity contribution in [2.45, 2.75) is 31.5 Å². The number of carbonyl (C=O) groups is 1. The molecule has 2 saturated heterocycles. The summed E-state index contributed by atoms with van der Waals surface area (Å²) in [4.78, 5) is 20.4. The predicted molar refractivity (Wildman–Crippen MR) is 94.1 cm³/mol. The zero-order chi connectivity index (χ0) is 17.3. The van der Waals surface area contributed by atoms with E-state index in [2.05, 4.69) is 38.7 Å². The Morgan fingerprint density at radius 2 is 2.04 bits per heavy atom. The summed E-state index contributed by atoms with van der Waals surface area (Å²) in [7, 11) is 1.81. The Balaban J connectivity index is 1.44. The van der Waals surface area contributed by atoms with E-state index in [4.69, 9.17) is 4.74 Å². The molecule has 1 spiro atoms. The minimum atomic E-state index is -0.346. The number of benzene rings is 1. The van der Waals surface area contributed by atoms with E-state index in [9.17, 15) is 4.79 Å². The van der Waals surface area contributed by atoms with Crippen molar-refractivity contribution in [2.75, 3.05) is 26.7 Å². The molecule has 3 heterocycles. The first-order valence-electron chi connectivity index (χ1n) is 8.84. The molecule has 0 bridgehead atoms. The molecule has 0 saturated carbocycles. The third kappa shape index (κ3) is 3.39. The summed E-state index contributed by atoms with van der Waals surface area (Å²) in [6, 6.07) is 10.4. The Morgan fingerprint density at radius 3 is 2.80 bits per heavy atom. The van der Waals surface area contributed by atoms with E-state index in [-0.39, 0.29) is 11.7 Å². The molecular formula is C19H24N4O2. The largest absolute Gasteiger partial charge is 0.440 e. The third-order valence-corrected chi connectivity index (χ3v) is 5.12. The van der Waals surface area contributed by atoms with Crippen LogP contribution < -0.4 is 0 Å².